The highest BCUT2D eigenvalue weighted by molar-refractivity contribution is 5.97. The number of rotatable bonds is 5. The maximum absolute atomic E-state index is 13.4. The lowest BCUT2D eigenvalue weighted by molar-refractivity contribution is -0.137. The normalized spacial score (nSPS) is 11.4. The van der Waals surface area contributed by atoms with Crippen LogP contribution in [0.4, 0.5) is 13.2 Å². The number of aldehydes is 1. The van der Waals surface area contributed by atoms with Gasteiger partial charge in [-0.15, -0.1) is 0 Å². The molecule has 32 heavy (non-hydrogen) atoms. The van der Waals surface area contributed by atoms with Crippen molar-refractivity contribution >= 4 is 17.1 Å². The number of carbonyl (C=O) groups is 1. The van der Waals surface area contributed by atoms with Gasteiger partial charge < -0.3 is 9.47 Å². The molecule has 0 amide bonds. The van der Waals surface area contributed by atoms with Crippen LogP contribution in [0, 0.1) is 6.92 Å². The Morgan fingerprint density at radius 2 is 1.59 bits per heavy atom. The van der Waals surface area contributed by atoms with Crippen LogP contribution >= 0.6 is 0 Å². The van der Waals surface area contributed by atoms with Crippen molar-refractivity contribution in [2.24, 2.45) is 0 Å². The molecule has 0 aliphatic heterocycles. The summed E-state index contributed by atoms with van der Waals surface area (Å²) in [4.78, 5) is 11.0. The van der Waals surface area contributed by atoms with Crippen molar-refractivity contribution in [2.75, 3.05) is 7.11 Å². The van der Waals surface area contributed by atoms with Crippen molar-refractivity contribution in [3.05, 3.63) is 89.5 Å². The first-order valence-electron chi connectivity index (χ1n) is 9.82. The van der Waals surface area contributed by atoms with E-state index in [9.17, 15) is 18.0 Å². The Labute approximate surface area is 183 Å². The number of halogens is 3. The Bertz CT molecular complexity index is 1290. The Kier molecular flexibility index (Phi) is 5.61. The van der Waals surface area contributed by atoms with E-state index < -0.39 is 11.7 Å². The molecule has 0 unspecified atom stereocenters. The van der Waals surface area contributed by atoms with Crippen LogP contribution < -0.4 is 9.47 Å². The quantitative estimate of drug-likeness (QED) is 0.305. The van der Waals surface area contributed by atoms with Crippen LogP contribution in [0.2, 0.25) is 0 Å². The second-order valence-electron chi connectivity index (χ2n) is 7.35. The van der Waals surface area contributed by atoms with Gasteiger partial charge in [-0.05, 0) is 78.0 Å². The van der Waals surface area contributed by atoms with E-state index in [1.165, 1.54) is 6.07 Å². The van der Waals surface area contributed by atoms with Gasteiger partial charge in [0.05, 0.1) is 12.7 Å². The van der Waals surface area contributed by atoms with Gasteiger partial charge in [0.15, 0.2) is 0 Å². The lowest BCUT2D eigenvalue weighted by Gasteiger charge is -2.19. The number of ether oxygens (including phenoxy) is 2. The SMILES string of the molecule is COc1ccc2c(Oc3ccc(C=O)cc3)c(-c3cccc(C(F)(F)F)c3)c(C)cc2c1. The summed E-state index contributed by atoms with van der Waals surface area (Å²) in [6.45, 7) is 1.83. The van der Waals surface area contributed by atoms with Gasteiger partial charge in [-0.1, -0.05) is 18.2 Å². The summed E-state index contributed by atoms with van der Waals surface area (Å²) >= 11 is 0. The van der Waals surface area contributed by atoms with Gasteiger partial charge in [-0.2, -0.15) is 13.2 Å². The Hall–Kier alpha value is -3.80. The van der Waals surface area contributed by atoms with Crippen LogP contribution in [0.15, 0.2) is 72.8 Å². The van der Waals surface area contributed by atoms with Crippen molar-refractivity contribution in [1.29, 1.82) is 0 Å². The lowest BCUT2D eigenvalue weighted by atomic mass is 9.93. The molecule has 0 fully saturated rings. The van der Waals surface area contributed by atoms with Gasteiger partial charge >= 0.3 is 6.18 Å². The molecule has 0 spiro atoms. The fourth-order valence-corrected chi connectivity index (χ4v) is 3.66. The average Bonchev–Trinajstić information content (AvgIpc) is 2.78. The molecular weight excluding hydrogens is 417 g/mol. The first-order valence-corrected chi connectivity index (χ1v) is 9.82. The lowest BCUT2D eigenvalue weighted by Crippen LogP contribution is -2.05. The van der Waals surface area contributed by atoms with Crippen molar-refractivity contribution in [3.63, 3.8) is 0 Å². The van der Waals surface area contributed by atoms with Crippen LogP contribution in [0.1, 0.15) is 21.5 Å². The zero-order valence-corrected chi connectivity index (χ0v) is 17.4. The van der Waals surface area contributed by atoms with E-state index in [-0.39, 0.29) is 0 Å². The molecule has 4 aromatic rings. The Balaban J connectivity index is 1.96. The molecule has 0 saturated carbocycles. The highest BCUT2D eigenvalue weighted by atomic mass is 19.4. The fourth-order valence-electron chi connectivity index (χ4n) is 3.66. The van der Waals surface area contributed by atoms with E-state index in [0.717, 1.165) is 34.8 Å². The molecular formula is C26H19F3O3. The maximum Gasteiger partial charge on any atom is 0.416 e. The molecule has 4 aromatic carbocycles. The van der Waals surface area contributed by atoms with Crippen molar-refractivity contribution in [2.45, 2.75) is 13.1 Å². The standard InChI is InChI=1S/C26H19F3O3/c1-16-12-19-14-22(31-2)10-11-23(19)25(32-21-8-6-17(15-30)7-9-21)24(16)18-4-3-5-20(13-18)26(27,28)29/h3-15H,1-2H3. The number of benzene rings is 4. The molecule has 0 bridgehead atoms. The van der Waals surface area contributed by atoms with Crippen molar-refractivity contribution in [1.82, 2.24) is 0 Å². The van der Waals surface area contributed by atoms with E-state index in [0.29, 0.717) is 33.9 Å². The van der Waals surface area contributed by atoms with E-state index >= 15 is 0 Å². The number of alkyl halides is 3. The van der Waals surface area contributed by atoms with Gasteiger partial charge in [0.2, 0.25) is 0 Å². The summed E-state index contributed by atoms with van der Waals surface area (Å²) in [7, 11) is 1.57. The molecule has 3 nitrogen and oxygen atoms in total. The Morgan fingerprint density at radius 1 is 0.875 bits per heavy atom. The number of carbonyl (C=O) groups excluding carboxylic acids is 1. The fraction of sp³-hybridized carbons (Fsp3) is 0.115. The van der Waals surface area contributed by atoms with E-state index in [4.69, 9.17) is 9.47 Å². The third kappa shape index (κ3) is 4.17. The molecule has 0 N–H and O–H groups in total. The molecule has 0 aromatic heterocycles. The third-order valence-corrected chi connectivity index (χ3v) is 5.21. The van der Waals surface area contributed by atoms with Crippen LogP contribution in [-0.4, -0.2) is 13.4 Å². The zero-order valence-electron chi connectivity index (χ0n) is 17.4. The molecule has 0 aliphatic carbocycles. The van der Waals surface area contributed by atoms with Crippen molar-refractivity contribution in [3.8, 4) is 28.4 Å². The predicted molar refractivity (Wildman–Crippen MR) is 118 cm³/mol. The maximum atomic E-state index is 13.4. The van der Waals surface area contributed by atoms with E-state index in [1.807, 2.05) is 25.1 Å². The Morgan fingerprint density at radius 3 is 2.25 bits per heavy atom. The second-order valence-corrected chi connectivity index (χ2v) is 7.35. The summed E-state index contributed by atoms with van der Waals surface area (Å²) in [6, 6.07) is 19.1. The van der Waals surface area contributed by atoms with Crippen LogP contribution in [0.25, 0.3) is 21.9 Å². The smallest absolute Gasteiger partial charge is 0.416 e. The number of methoxy groups -OCH3 is 1. The van der Waals surface area contributed by atoms with Crippen molar-refractivity contribution < 1.29 is 27.4 Å². The highest BCUT2D eigenvalue weighted by Crippen LogP contribution is 2.44. The minimum absolute atomic E-state index is 0.398. The minimum atomic E-state index is -4.46. The molecule has 0 atom stereocenters. The molecule has 0 heterocycles. The first kappa shape index (κ1) is 21.4. The van der Waals surface area contributed by atoms with Gasteiger partial charge in [0.25, 0.3) is 0 Å². The van der Waals surface area contributed by atoms with Crippen LogP contribution in [0.5, 0.6) is 17.2 Å². The highest BCUT2D eigenvalue weighted by Gasteiger charge is 2.31. The number of hydrogen-bond donors (Lipinski definition) is 0. The molecule has 0 saturated heterocycles. The largest absolute Gasteiger partial charge is 0.497 e. The molecule has 0 aliphatic rings. The average molecular weight is 436 g/mol. The monoisotopic (exact) mass is 436 g/mol. The molecule has 6 heteroatoms. The van der Waals surface area contributed by atoms with Gasteiger partial charge in [-0.25, -0.2) is 0 Å². The molecule has 0 radical (unpaired) electrons. The molecule has 4 rings (SSSR count). The van der Waals surface area contributed by atoms with Gasteiger partial charge in [0.1, 0.15) is 23.5 Å². The van der Waals surface area contributed by atoms with E-state index in [2.05, 4.69) is 0 Å². The molecule has 162 valence electrons. The first-order chi connectivity index (χ1) is 15.3. The van der Waals surface area contributed by atoms with Crippen LogP contribution in [0.3, 0.4) is 0 Å². The summed E-state index contributed by atoms with van der Waals surface area (Å²) in [5.74, 6) is 1.55. The number of fused-ring (bicyclic) bond motifs is 1. The third-order valence-electron chi connectivity index (χ3n) is 5.21. The summed E-state index contributed by atoms with van der Waals surface area (Å²) in [5, 5.41) is 1.56. The predicted octanol–water partition coefficient (Wildman–Crippen LogP) is 7.45. The number of hydrogen-bond acceptors (Lipinski definition) is 3. The number of aryl methyl sites for hydroxylation is 1. The zero-order chi connectivity index (χ0) is 22.9. The second kappa shape index (κ2) is 8.38. The van der Waals surface area contributed by atoms with Gasteiger partial charge in [0, 0.05) is 16.5 Å². The minimum Gasteiger partial charge on any atom is -0.497 e. The summed E-state index contributed by atoms with van der Waals surface area (Å²) in [5.41, 5.74) is 1.48. The summed E-state index contributed by atoms with van der Waals surface area (Å²) in [6.07, 6.45) is -3.73. The van der Waals surface area contributed by atoms with Gasteiger partial charge in [-0.3, -0.25) is 4.79 Å². The topological polar surface area (TPSA) is 35.5 Å². The van der Waals surface area contributed by atoms with Crippen LogP contribution in [-0.2, 0) is 6.18 Å². The van der Waals surface area contributed by atoms with E-state index in [1.54, 1.807) is 43.5 Å². The summed E-state index contributed by atoms with van der Waals surface area (Å²) < 4.78 is 51.6.